The van der Waals surface area contributed by atoms with E-state index in [1.165, 1.54) is 12.5 Å². The summed E-state index contributed by atoms with van der Waals surface area (Å²) in [6.45, 7) is 0. The lowest BCUT2D eigenvalue weighted by Crippen LogP contribution is -2.19. The number of carbonyl (C=O) groups is 1. The van der Waals surface area contributed by atoms with E-state index in [9.17, 15) is 4.79 Å². The Morgan fingerprint density at radius 3 is 2.61 bits per heavy atom. The molecular weight excluding hydrogens is 421 g/mol. The lowest BCUT2D eigenvalue weighted by atomic mass is 10.2. The van der Waals surface area contributed by atoms with Crippen LogP contribution in [0.2, 0.25) is 10.0 Å². The van der Waals surface area contributed by atoms with Gasteiger partial charge in [0, 0.05) is 6.08 Å². The number of amides is 1. The first kappa shape index (κ1) is 18.6. The normalized spacial score (nSPS) is 17.1. The molecule has 4 rings (SSSR count). The Morgan fingerprint density at radius 2 is 1.86 bits per heavy atom. The molecule has 0 aliphatic carbocycles. The summed E-state index contributed by atoms with van der Waals surface area (Å²) in [5, 5.41) is 11.8. The number of nitrogens with zero attached hydrogens (tertiary/aromatic N) is 2. The summed E-state index contributed by atoms with van der Waals surface area (Å²) in [4.78, 5) is 12.6. The van der Waals surface area contributed by atoms with Crippen molar-refractivity contribution >= 4 is 58.3 Å². The van der Waals surface area contributed by atoms with E-state index in [4.69, 9.17) is 32.0 Å². The van der Waals surface area contributed by atoms with Gasteiger partial charge in [-0.3, -0.25) is 10.1 Å². The summed E-state index contributed by atoms with van der Waals surface area (Å²) in [5.74, 6) is 1.29. The maximum absolute atomic E-state index is 12.1. The number of hydrogen-bond donors (Lipinski definition) is 1. The minimum atomic E-state index is -0.286. The standard InChI is InChI=1S/C19H11Cl2N3O3S/c20-13-4-1-5-14(21)17(13)15-7-6-11(27-15)9-16-18(25)23-19(28-16)24-22-10-12-3-2-8-26-12/h1-10H,(H,23,24,25). The van der Waals surface area contributed by atoms with E-state index in [0.717, 1.165) is 11.8 Å². The van der Waals surface area contributed by atoms with Crippen LogP contribution in [0.15, 0.2) is 72.7 Å². The second-order valence-electron chi connectivity index (χ2n) is 5.53. The Labute approximate surface area is 173 Å². The van der Waals surface area contributed by atoms with Gasteiger partial charge in [-0.1, -0.05) is 29.3 Å². The van der Waals surface area contributed by atoms with E-state index < -0.39 is 0 Å². The predicted molar refractivity (Wildman–Crippen MR) is 112 cm³/mol. The van der Waals surface area contributed by atoms with Crippen LogP contribution in [0.25, 0.3) is 17.4 Å². The van der Waals surface area contributed by atoms with Crippen LogP contribution in [0, 0.1) is 0 Å². The van der Waals surface area contributed by atoms with Gasteiger partial charge >= 0.3 is 0 Å². The summed E-state index contributed by atoms with van der Waals surface area (Å²) in [7, 11) is 0. The number of halogens is 2. The number of furan rings is 2. The molecule has 28 heavy (non-hydrogen) atoms. The third-order valence-corrected chi connectivity index (χ3v) is 5.17. The summed E-state index contributed by atoms with van der Waals surface area (Å²) >= 11 is 13.6. The Bertz CT molecular complexity index is 1100. The number of hydrogen-bond acceptors (Lipinski definition) is 6. The molecule has 3 aromatic rings. The van der Waals surface area contributed by atoms with Gasteiger partial charge < -0.3 is 8.83 Å². The monoisotopic (exact) mass is 431 g/mol. The first-order chi connectivity index (χ1) is 13.6. The Hall–Kier alpha value is -2.74. The molecule has 0 radical (unpaired) electrons. The van der Waals surface area contributed by atoms with E-state index in [1.54, 1.807) is 48.5 Å². The zero-order valence-corrected chi connectivity index (χ0v) is 16.4. The molecule has 1 amide bonds. The number of benzene rings is 1. The topological polar surface area (TPSA) is 80.1 Å². The zero-order valence-electron chi connectivity index (χ0n) is 14.1. The summed E-state index contributed by atoms with van der Waals surface area (Å²) in [6.07, 6.45) is 4.61. The molecule has 1 saturated heterocycles. The summed E-state index contributed by atoms with van der Waals surface area (Å²) < 4.78 is 10.9. The Kier molecular flexibility index (Phi) is 5.38. The first-order valence-corrected chi connectivity index (χ1v) is 9.57. The highest BCUT2D eigenvalue weighted by atomic mass is 35.5. The van der Waals surface area contributed by atoms with Crippen LogP contribution in [0.5, 0.6) is 0 Å². The Balaban J connectivity index is 1.52. The SMILES string of the molecule is O=C1NC(=NN=Cc2ccco2)SC1=Cc1ccc(-c2c(Cl)cccc2Cl)o1. The maximum Gasteiger partial charge on any atom is 0.264 e. The molecule has 0 bridgehead atoms. The molecule has 1 fully saturated rings. The number of rotatable bonds is 4. The van der Waals surface area contributed by atoms with Gasteiger partial charge in [0.15, 0.2) is 5.17 Å². The molecule has 1 N–H and O–H groups in total. The lowest BCUT2D eigenvalue weighted by Gasteiger charge is -2.02. The minimum absolute atomic E-state index is 0.286. The molecule has 0 unspecified atom stereocenters. The smallest absolute Gasteiger partial charge is 0.264 e. The Morgan fingerprint density at radius 1 is 1.04 bits per heavy atom. The second-order valence-corrected chi connectivity index (χ2v) is 7.37. The third kappa shape index (κ3) is 4.06. The highest BCUT2D eigenvalue weighted by Crippen LogP contribution is 2.36. The van der Waals surface area contributed by atoms with Gasteiger partial charge in [0.05, 0.1) is 33.0 Å². The van der Waals surface area contributed by atoms with Gasteiger partial charge in [0.1, 0.15) is 17.3 Å². The summed E-state index contributed by atoms with van der Waals surface area (Å²) in [6, 6.07) is 12.2. The fraction of sp³-hybridized carbons (Fsp3) is 0. The molecule has 1 aliphatic heterocycles. The quantitative estimate of drug-likeness (QED) is 0.338. The molecular formula is C19H11Cl2N3O3S. The number of nitrogens with one attached hydrogen (secondary N) is 1. The van der Waals surface area contributed by atoms with Crippen molar-refractivity contribution in [3.8, 4) is 11.3 Å². The van der Waals surface area contributed by atoms with Crippen molar-refractivity contribution in [3.05, 3.63) is 75.2 Å². The van der Waals surface area contributed by atoms with Crippen molar-refractivity contribution < 1.29 is 13.6 Å². The van der Waals surface area contributed by atoms with Gasteiger partial charge in [-0.15, -0.1) is 5.10 Å². The second kappa shape index (κ2) is 8.10. The van der Waals surface area contributed by atoms with Gasteiger partial charge in [-0.2, -0.15) is 5.10 Å². The molecule has 1 aromatic carbocycles. The average molecular weight is 432 g/mol. The van der Waals surface area contributed by atoms with Crippen LogP contribution < -0.4 is 5.32 Å². The molecule has 0 saturated carbocycles. The van der Waals surface area contributed by atoms with E-state index in [-0.39, 0.29) is 5.91 Å². The molecule has 6 nitrogen and oxygen atoms in total. The van der Waals surface area contributed by atoms with Gasteiger partial charge in [-0.05, 0) is 48.2 Å². The largest absolute Gasteiger partial charge is 0.463 e. The van der Waals surface area contributed by atoms with Crippen LogP contribution in [0.3, 0.4) is 0 Å². The van der Waals surface area contributed by atoms with E-state index >= 15 is 0 Å². The zero-order chi connectivity index (χ0) is 19.5. The third-order valence-electron chi connectivity index (χ3n) is 3.64. The molecule has 1 aliphatic rings. The highest BCUT2D eigenvalue weighted by Gasteiger charge is 2.24. The molecule has 140 valence electrons. The molecule has 3 heterocycles. The lowest BCUT2D eigenvalue weighted by molar-refractivity contribution is -0.115. The van der Waals surface area contributed by atoms with Crippen molar-refractivity contribution in [2.24, 2.45) is 10.2 Å². The van der Waals surface area contributed by atoms with Crippen LogP contribution in [0.4, 0.5) is 0 Å². The van der Waals surface area contributed by atoms with Crippen LogP contribution in [-0.2, 0) is 4.79 Å². The predicted octanol–water partition coefficient (Wildman–Crippen LogP) is 5.44. The van der Waals surface area contributed by atoms with Gasteiger partial charge in [-0.25, -0.2) is 0 Å². The van der Waals surface area contributed by atoms with Crippen molar-refractivity contribution in [2.75, 3.05) is 0 Å². The first-order valence-electron chi connectivity index (χ1n) is 8.00. The van der Waals surface area contributed by atoms with Crippen molar-refractivity contribution in [1.82, 2.24) is 5.32 Å². The number of thioether (sulfide) groups is 1. The number of carbonyl (C=O) groups excluding carboxylic acids is 1. The fourth-order valence-corrected chi connectivity index (χ4v) is 3.75. The minimum Gasteiger partial charge on any atom is -0.463 e. The van der Waals surface area contributed by atoms with Crippen LogP contribution >= 0.6 is 35.0 Å². The molecule has 2 aromatic heterocycles. The highest BCUT2D eigenvalue weighted by molar-refractivity contribution is 8.18. The van der Waals surface area contributed by atoms with Crippen molar-refractivity contribution in [2.45, 2.75) is 0 Å². The molecule has 0 atom stereocenters. The van der Waals surface area contributed by atoms with E-state index in [0.29, 0.717) is 43.0 Å². The number of amidine groups is 1. The van der Waals surface area contributed by atoms with E-state index in [1.807, 2.05) is 0 Å². The maximum atomic E-state index is 12.1. The van der Waals surface area contributed by atoms with Crippen LogP contribution in [-0.4, -0.2) is 17.3 Å². The van der Waals surface area contributed by atoms with Crippen molar-refractivity contribution in [3.63, 3.8) is 0 Å². The van der Waals surface area contributed by atoms with Gasteiger partial charge in [0.2, 0.25) is 0 Å². The van der Waals surface area contributed by atoms with Crippen LogP contribution in [0.1, 0.15) is 11.5 Å². The summed E-state index contributed by atoms with van der Waals surface area (Å²) in [5.41, 5.74) is 0.605. The molecule has 9 heteroatoms. The fourth-order valence-electron chi connectivity index (χ4n) is 2.41. The van der Waals surface area contributed by atoms with Gasteiger partial charge in [0.25, 0.3) is 5.91 Å². The van der Waals surface area contributed by atoms with Crippen molar-refractivity contribution in [1.29, 1.82) is 0 Å². The molecule has 0 spiro atoms. The van der Waals surface area contributed by atoms with E-state index in [2.05, 4.69) is 15.5 Å². The average Bonchev–Trinajstić information content (AvgIpc) is 3.39.